The molecule has 5 atom stereocenters. The van der Waals surface area contributed by atoms with Gasteiger partial charge in [-0.3, -0.25) is 23.9 Å². The van der Waals surface area contributed by atoms with Gasteiger partial charge in [-0.2, -0.15) is 0 Å². The van der Waals surface area contributed by atoms with E-state index in [1.807, 2.05) is 42.0 Å². The summed E-state index contributed by atoms with van der Waals surface area (Å²) >= 11 is 0. The minimum Gasteiger partial charge on any atom is -0.488 e. The van der Waals surface area contributed by atoms with Crippen LogP contribution in [0.5, 0.6) is 5.75 Å². The molecule has 1 saturated heterocycles. The number of Topliss-reactive ketones (excluding diaryl/α,β-unsaturated/α-hetero) is 1. The maximum atomic E-state index is 14.4. The molecule has 2 amide bonds. The van der Waals surface area contributed by atoms with E-state index in [9.17, 15) is 27.6 Å². The molecule has 6 rings (SSSR count). The molecule has 1 aromatic heterocycles. The number of esters is 1. The first-order valence-corrected chi connectivity index (χ1v) is 19.3. The fourth-order valence-electron chi connectivity index (χ4n) is 7.39. The molecule has 13 heteroatoms. The summed E-state index contributed by atoms with van der Waals surface area (Å²) in [5.41, 5.74) is -0.259. The Morgan fingerprint density at radius 1 is 1.12 bits per heavy atom. The van der Waals surface area contributed by atoms with E-state index in [2.05, 4.69) is 9.71 Å². The first-order chi connectivity index (χ1) is 23.5. The summed E-state index contributed by atoms with van der Waals surface area (Å²) in [6, 6.07) is 4.64. The van der Waals surface area contributed by atoms with Gasteiger partial charge < -0.3 is 18.9 Å². The zero-order valence-electron chi connectivity index (χ0n) is 29.8. The van der Waals surface area contributed by atoms with Crippen molar-refractivity contribution in [3.05, 3.63) is 36.7 Å². The topological polar surface area (TPSA) is 154 Å². The molecule has 272 valence electrons. The number of benzene rings is 1. The number of hydrogen-bond acceptors (Lipinski definition) is 9. The third-order valence-electron chi connectivity index (χ3n) is 10.8. The number of nitrogens with one attached hydrogen (secondary N) is 1. The monoisotopic (exact) mass is 710 g/mol. The second-order valence-corrected chi connectivity index (χ2v) is 18.2. The van der Waals surface area contributed by atoms with E-state index >= 15 is 0 Å². The molecule has 0 bridgehead atoms. The lowest BCUT2D eigenvalue weighted by molar-refractivity contribution is -0.159. The average molecular weight is 711 g/mol. The predicted molar refractivity (Wildman–Crippen MR) is 186 cm³/mol. The van der Waals surface area contributed by atoms with E-state index in [1.54, 1.807) is 34.0 Å². The van der Waals surface area contributed by atoms with E-state index in [-0.39, 0.29) is 43.4 Å². The number of carbonyl (C=O) groups excluding carboxylic acids is 4. The SMILES string of the molecule is Cn1cnc2cc(O[C@@H]3C[C@H]4C(=O)C[C@]5(C(=O)NS(=O)(=O)C6(C)CC6)C[C@@H]5/C=C\CCCCC[C@H](CC(=O)OC(C)(C)C)C(=O)N4C3)ccc21. The highest BCUT2D eigenvalue weighted by atomic mass is 32.2. The molecule has 1 N–H and O–H groups in total. The number of rotatable bonds is 7. The Bertz CT molecular complexity index is 1810. The Balaban J connectivity index is 1.29. The molecule has 3 heterocycles. The Labute approximate surface area is 294 Å². The number of aryl methyl sites for hydroxylation is 1. The smallest absolute Gasteiger partial charge is 0.307 e. The van der Waals surface area contributed by atoms with Gasteiger partial charge in [0.05, 0.1) is 46.5 Å². The number of imidazole rings is 1. The van der Waals surface area contributed by atoms with Crippen LogP contribution in [0.3, 0.4) is 0 Å². The number of amides is 2. The normalized spacial score (nSPS) is 29.3. The third kappa shape index (κ3) is 7.62. The lowest BCUT2D eigenvalue weighted by Crippen LogP contribution is -2.47. The molecule has 0 radical (unpaired) electrons. The molecule has 12 nitrogen and oxygen atoms in total. The van der Waals surface area contributed by atoms with Crippen LogP contribution < -0.4 is 9.46 Å². The van der Waals surface area contributed by atoms with Gasteiger partial charge in [-0.25, -0.2) is 13.4 Å². The lowest BCUT2D eigenvalue weighted by atomic mass is 9.90. The van der Waals surface area contributed by atoms with E-state index in [0.29, 0.717) is 31.4 Å². The van der Waals surface area contributed by atoms with Gasteiger partial charge in [0.1, 0.15) is 17.5 Å². The summed E-state index contributed by atoms with van der Waals surface area (Å²) < 4.78 is 41.4. The van der Waals surface area contributed by atoms with Crippen molar-refractivity contribution < 1.29 is 37.1 Å². The van der Waals surface area contributed by atoms with Gasteiger partial charge in [0.15, 0.2) is 5.78 Å². The van der Waals surface area contributed by atoms with Crippen LogP contribution in [0.15, 0.2) is 36.7 Å². The van der Waals surface area contributed by atoms with Gasteiger partial charge in [-0.05, 0) is 84.3 Å². The van der Waals surface area contributed by atoms with E-state index in [0.717, 1.165) is 36.7 Å². The first-order valence-electron chi connectivity index (χ1n) is 17.9. The molecule has 2 aliphatic carbocycles. The molecule has 2 aliphatic heterocycles. The molecule has 0 spiro atoms. The Morgan fingerprint density at radius 2 is 1.88 bits per heavy atom. The van der Waals surface area contributed by atoms with E-state index in [1.165, 1.54) is 4.90 Å². The summed E-state index contributed by atoms with van der Waals surface area (Å²) in [4.78, 5) is 61.6. The van der Waals surface area contributed by atoms with Crippen LogP contribution in [0.4, 0.5) is 0 Å². The van der Waals surface area contributed by atoms with Gasteiger partial charge in [0.2, 0.25) is 21.8 Å². The summed E-state index contributed by atoms with van der Waals surface area (Å²) in [5, 5.41) is 0. The standard InChI is InChI=1S/C37H50N4O8S/c1-35(2,3)49-32(43)17-24-11-9-7-6-8-10-12-25-20-37(25,34(45)39-50(46,47)36(4)15-16-36)21-31(42)30-19-27(22-41(30)33(24)44)48-26-13-14-29-28(18-26)38-23-40(29)5/h10,12-14,18,23-25,27,30H,6-9,11,15-17,19-22H2,1-5H3,(H,39,45)/b12-10-/t24-,25+,27-,30+,37-/m1/s1. The number of hydrogen-bond donors (Lipinski definition) is 1. The number of nitrogens with zero attached hydrogens (tertiary/aromatic N) is 3. The van der Waals surface area contributed by atoms with Crippen molar-refractivity contribution >= 4 is 44.6 Å². The van der Waals surface area contributed by atoms with Crippen LogP contribution in [0.25, 0.3) is 11.0 Å². The Morgan fingerprint density at radius 3 is 2.60 bits per heavy atom. The number of aromatic nitrogens is 2. The highest BCUT2D eigenvalue weighted by Gasteiger charge is 2.62. The van der Waals surface area contributed by atoms with Crippen molar-refractivity contribution in [3.8, 4) is 5.75 Å². The molecule has 3 fully saturated rings. The van der Waals surface area contributed by atoms with Crippen molar-refractivity contribution in [2.75, 3.05) is 6.54 Å². The maximum Gasteiger partial charge on any atom is 0.307 e. The van der Waals surface area contributed by atoms with Gasteiger partial charge in [0, 0.05) is 31.9 Å². The fraction of sp³-hybridized carbons (Fsp3) is 0.649. The minimum atomic E-state index is -3.92. The minimum absolute atomic E-state index is 0.111. The average Bonchev–Trinajstić information content (AvgIpc) is 3.85. The molecule has 0 unspecified atom stereocenters. The van der Waals surface area contributed by atoms with Crippen LogP contribution >= 0.6 is 0 Å². The zero-order valence-corrected chi connectivity index (χ0v) is 30.6. The first kappa shape index (κ1) is 36.1. The summed E-state index contributed by atoms with van der Waals surface area (Å²) in [6.07, 6.45) is 9.92. The quantitative estimate of drug-likeness (QED) is 0.317. The number of ketones is 1. The van der Waals surface area contributed by atoms with Crippen molar-refractivity contribution in [1.29, 1.82) is 0 Å². The molecule has 1 aromatic carbocycles. The molecule has 50 heavy (non-hydrogen) atoms. The second-order valence-electron chi connectivity index (χ2n) is 16.0. The second kappa shape index (κ2) is 13.4. The summed E-state index contributed by atoms with van der Waals surface area (Å²) in [7, 11) is -2.02. The van der Waals surface area contributed by atoms with Crippen LogP contribution in [0.1, 0.15) is 98.3 Å². The lowest BCUT2D eigenvalue weighted by Gasteiger charge is -2.29. The number of carbonyl (C=O) groups is 4. The van der Waals surface area contributed by atoms with Gasteiger partial charge in [0.25, 0.3) is 0 Å². The molecule has 2 saturated carbocycles. The summed E-state index contributed by atoms with van der Waals surface area (Å²) in [5.74, 6) is -2.21. The Hall–Kier alpha value is -3.74. The third-order valence-corrected chi connectivity index (χ3v) is 13.0. The number of ether oxygens (including phenoxy) is 2. The summed E-state index contributed by atoms with van der Waals surface area (Å²) in [6.45, 7) is 7.08. The molecular formula is C37H50N4O8S. The molecular weight excluding hydrogens is 660 g/mol. The van der Waals surface area contributed by atoms with Crippen molar-refractivity contribution in [2.45, 2.75) is 121 Å². The highest BCUT2D eigenvalue weighted by Crippen LogP contribution is 2.57. The predicted octanol–water partition coefficient (Wildman–Crippen LogP) is 4.75. The van der Waals surface area contributed by atoms with Crippen LogP contribution in [0.2, 0.25) is 0 Å². The zero-order chi connectivity index (χ0) is 36.1. The van der Waals surface area contributed by atoms with Crippen LogP contribution in [0, 0.1) is 17.3 Å². The van der Waals surface area contributed by atoms with E-state index in [4.69, 9.17) is 9.47 Å². The van der Waals surface area contributed by atoms with Crippen molar-refractivity contribution in [3.63, 3.8) is 0 Å². The fourth-order valence-corrected chi connectivity index (χ4v) is 8.72. The van der Waals surface area contributed by atoms with Crippen molar-refractivity contribution in [1.82, 2.24) is 19.2 Å². The van der Waals surface area contributed by atoms with Gasteiger partial charge in [-0.1, -0.05) is 25.0 Å². The van der Waals surface area contributed by atoms with Gasteiger partial charge >= 0.3 is 5.97 Å². The van der Waals surface area contributed by atoms with E-state index < -0.39 is 55.7 Å². The number of allylic oxidation sites excluding steroid dienone is 2. The van der Waals surface area contributed by atoms with Gasteiger partial charge in [-0.15, -0.1) is 0 Å². The van der Waals surface area contributed by atoms with Crippen molar-refractivity contribution in [2.24, 2.45) is 24.3 Å². The maximum absolute atomic E-state index is 14.4. The van der Waals surface area contributed by atoms with Crippen LogP contribution in [-0.4, -0.2) is 75.5 Å². The number of fused-ring (bicyclic) bond motifs is 3. The Kier molecular flexibility index (Phi) is 9.68. The largest absolute Gasteiger partial charge is 0.488 e. The van der Waals surface area contributed by atoms with Crippen LogP contribution in [-0.2, 0) is 41.0 Å². The molecule has 2 aromatic rings. The molecule has 4 aliphatic rings. The highest BCUT2D eigenvalue weighted by molar-refractivity contribution is 7.91. The number of sulfonamides is 1.